The number of likely N-dealkylation sites (tertiary alicyclic amines) is 1. The largest absolute Gasteiger partial charge is 0.493 e. The molecule has 0 aliphatic carbocycles. The fraction of sp³-hybridized carbons (Fsp3) is 0.500. The Morgan fingerprint density at radius 2 is 1.67 bits per heavy atom. The molecule has 2 aliphatic heterocycles. The lowest BCUT2D eigenvalue weighted by atomic mass is 9.98. The third kappa shape index (κ3) is 8.01. The summed E-state index contributed by atoms with van der Waals surface area (Å²) < 4.78 is 23.3. The highest BCUT2D eigenvalue weighted by molar-refractivity contribution is 6.34. The Labute approximate surface area is 276 Å². The van der Waals surface area contributed by atoms with E-state index >= 15 is 0 Å². The highest BCUT2D eigenvalue weighted by Gasteiger charge is 2.32. The zero-order valence-corrected chi connectivity index (χ0v) is 27.9. The molecule has 3 heterocycles. The summed E-state index contributed by atoms with van der Waals surface area (Å²) in [6.07, 6.45) is 2.37. The Kier molecular flexibility index (Phi) is 11.6. The molecule has 2 aliphatic rings. The van der Waals surface area contributed by atoms with Crippen LogP contribution in [-0.4, -0.2) is 109 Å². The molecule has 0 bridgehead atoms. The monoisotopic (exact) mass is 653 g/mol. The van der Waals surface area contributed by atoms with E-state index in [9.17, 15) is 9.90 Å². The summed E-state index contributed by atoms with van der Waals surface area (Å²) in [7, 11) is 5.17. The van der Waals surface area contributed by atoms with E-state index < -0.39 is 12.0 Å². The Morgan fingerprint density at radius 3 is 2.37 bits per heavy atom. The number of aliphatic carboxylic acids is 1. The van der Waals surface area contributed by atoms with Crippen molar-refractivity contribution in [3.63, 3.8) is 0 Å². The highest BCUT2D eigenvalue weighted by atomic mass is 35.5. The highest BCUT2D eigenvalue weighted by Crippen LogP contribution is 2.37. The van der Waals surface area contributed by atoms with Crippen LogP contribution in [0.2, 0.25) is 5.02 Å². The van der Waals surface area contributed by atoms with Gasteiger partial charge in [0.2, 0.25) is 11.8 Å². The summed E-state index contributed by atoms with van der Waals surface area (Å²) in [6.45, 7) is 9.25. The topological polar surface area (TPSA) is 110 Å². The molecular formula is C34H44ClN5O6. The quantitative estimate of drug-likeness (QED) is 0.243. The van der Waals surface area contributed by atoms with Crippen LogP contribution in [0.15, 0.2) is 36.4 Å². The van der Waals surface area contributed by atoms with Gasteiger partial charge in [-0.1, -0.05) is 41.9 Å². The third-order valence-corrected chi connectivity index (χ3v) is 9.24. The summed E-state index contributed by atoms with van der Waals surface area (Å²) in [4.78, 5) is 27.3. The molecule has 248 valence electrons. The fourth-order valence-electron chi connectivity index (χ4n) is 6.11. The molecule has 0 saturated carbocycles. The summed E-state index contributed by atoms with van der Waals surface area (Å²) in [5.41, 5.74) is 4.24. The average Bonchev–Trinajstić information content (AvgIpc) is 3.53. The van der Waals surface area contributed by atoms with E-state index in [1.54, 1.807) is 0 Å². The molecule has 2 aromatic carbocycles. The van der Waals surface area contributed by atoms with Gasteiger partial charge in [0, 0.05) is 50.4 Å². The first-order valence-corrected chi connectivity index (χ1v) is 16.2. The molecule has 3 aromatic rings. The van der Waals surface area contributed by atoms with Gasteiger partial charge in [-0.3, -0.25) is 9.69 Å². The van der Waals surface area contributed by atoms with Crippen LogP contribution in [0.3, 0.4) is 0 Å². The van der Waals surface area contributed by atoms with Crippen LogP contribution in [-0.2, 0) is 17.9 Å². The molecule has 1 N–H and O–H groups in total. The van der Waals surface area contributed by atoms with Crippen LogP contribution in [0.25, 0.3) is 11.1 Å². The van der Waals surface area contributed by atoms with Gasteiger partial charge in [0.1, 0.15) is 18.4 Å². The molecule has 2 saturated heterocycles. The van der Waals surface area contributed by atoms with Crippen molar-refractivity contribution in [1.29, 1.82) is 0 Å². The number of carboxylic acid groups (broad SMARTS) is 1. The molecule has 0 spiro atoms. The molecule has 1 atom stereocenters. The molecule has 0 amide bonds. The second-order valence-electron chi connectivity index (χ2n) is 11.8. The lowest BCUT2D eigenvalue weighted by Crippen LogP contribution is -2.44. The van der Waals surface area contributed by atoms with Crippen LogP contribution >= 0.6 is 11.6 Å². The van der Waals surface area contributed by atoms with Crippen molar-refractivity contribution in [1.82, 2.24) is 24.7 Å². The Bertz CT molecular complexity index is 1470. The number of rotatable bonds is 14. The molecule has 2 fully saturated rings. The number of carboxylic acids is 1. The Balaban J connectivity index is 1.25. The van der Waals surface area contributed by atoms with E-state index in [0.717, 1.165) is 73.6 Å². The fourth-order valence-corrected chi connectivity index (χ4v) is 6.39. The first kappa shape index (κ1) is 33.7. The molecule has 11 nitrogen and oxygen atoms in total. The van der Waals surface area contributed by atoms with Crippen LogP contribution < -0.4 is 18.9 Å². The molecular weight excluding hydrogens is 610 g/mol. The SMILES string of the molecule is COc1nc(OCc2cccc(-c3cccc(OCCCN4CCN(C)CC4)c3C)c2Cl)nc(OC)c1CN1CCC[C@H]1C(=O)O. The number of aromatic nitrogens is 2. The van der Waals surface area contributed by atoms with Crippen LogP contribution in [0.5, 0.6) is 23.5 Å². The average molecular weight is 654 g/mol. The maximum atomic E-state index is 11.7. The number of nitrogens with zero attached hydrogens (tertiary/aromatic N) is 5. The molecule has 12 heteroatoms. The van der Waals surface area contributed by atoms with Crippen LogP contribution in [0.4, 0.5) is 0 Å². The van der Waals surface area contributed by atoms with Crippen molar-refractivity contribution < 1.29 is 28.8 Å². The Hall–Kier alpha value is -3.64. The summed E-state index contributed by atoms with van der Waals surface area (Å²) in [5.74, 6) is 0.550. The summed E-state index contributed by atoms with van der Waals surface area (Å²) in [6, 6.07) is 11.4. The van der Waals surface area contributed by atoms with Crippen molar-refractivity contribution in [3.8, 4) is 34.6 Å². The predicted octanol–water partition coefficient (Wildman–Crippen LogP) is 4.77. The number of piperazine rings is 1. The van der Waals surface area contributed by atoms with E-state index in [2.05, 4.69) is 33.7 Å². The first-order chi connectivity index (χ1) is 22.3. The van der Waals surface area contributed by atoms with Gasteiger partial charge in [-0.2, -0.15) is 9.97 Å². The van der Waals surface area contributed by atoms with Gasteiger partial charge in [0.15, 0.2) is 0 Å². The summed E-state index contributed by atoms with van der Waals surface area (Å²) in [5, 5.41) is 10.2. The predicted molar refractivity (Wildman–Crippen MR) is 176 cm³/mol. The number of ether oxygens (including phenoxy) is 4. The van der Waals surface area contributed by atoms with Gasteiger partial charge in [-0.15, -0.1) is 0 Å². The van der Waals surface area contributed by atoms with E-state index in [0.29, 0.717) is 30.2 Å². The number of halogens is 1. The zero-order valence-electron chi connectivity index (χ0n) is 27.1. The van der Waals surface area contributed by atoms with Crippen LogP contribution in [0.1, 0.15) is 36.0 Å². The molecule has 46 heavy (non-hydrogen) atoms. The van der Waals surface area contributed by atoms with Crippen molar-refractivity contribution in [2.45, 2.75) is 45.4 Å². The third-order valence-electron chi connectivity index (χ3n) is 8.79. The zero-order chi connectivity index (χ0) is 32.6. The van der Waals surface area contributed by atoms with E-state index in [-0.39, 0.29) is 30.9 Å². The van der Waals surface area contributed by atoms with Gasteiger partial charge in [-0.05, 0) is 57.0 Å². The van der Waals surface area contributed by atoms with Gasteiger partial charge in [0.05, 0.1) is 31.4 Å². The van der Waals surface area contributed by atoms with E-state index in [1.165, 1.54) is 14.2 Å². The minimum Gasteiger partial charge on any atom is -0.493 e. The second-order valence-corrected chi connectivity index (χ2v) is 12.2. The standard InChI is InChI=1S/C34H44ClN5O6/c1-23-25(10-6-13-29(23)45-20-8-14-39-18-16-38(2)17-19-39)26-11-5-9-24(30(26)35)22-46-34-36-31(43-3)27(32(37-34)44-4)21-40-15-7-12-28(40)33(41)42/h5-6,9-11,13,28H,7-8,12,14-22H2,1-4H3,(H,41,42)/t28-/m0/s1. The van der Waals surface area contributed by atoms with Crippen molar-refractivity contribution in [2.75, 3.05) is 67.1 Å². The van der Waals surface area contributed by atoms with Gasteiger partial charge in [0.25, 0.3) is 0 Å². The first-order valence-electron chi connectivity index (χ1n) is 15.8. The lowest BCUT2D eigenvalue weighted by molar-refractivity contribution is -0.142. The van der Waals surface area contributed by atoms with Crippen molar-refractivity contribution in [2.24, 2.45) is 0 Å². The number of likely N-dealkylation sites (N-methyl/N-ethyl adjacent to an activating group) is 1. The van der Waals surface area contributed by atoms with Crippen molar-refractivity contribution >= 4 is 17.6 Å². The molecule has 0 unspecified atom stereocenters. The maximum Gasteiger partial charge on any atom is 0.323 e. The minimum absolute atomic E-state index is 0.0678. The van der Waals surface area contributed by atoms with Gasteiger partial charge < -0.3 is 33.9 Å². The number of hydrogen-bond acceptors (Lipinski definition) is 10. The number of carbonyl (C=O) groups is 1. The number of hydrogen-bond donors (Lipinski definition) is 1. The molecule has 1 aromatic heterocycles. The lowest BCUT2D eigenvalue weighted by Gasteiger charge is -2.32. The van der Waals surface area contributed by atoms with E-state index in [4.69, 9.17) is 30.5 Å². The molecule has 0 radical (unpaired) electrons. The van der Waals surface area contributed by atoms with Gasteiger partial charge in [-0.25, -0.2) is 0 Å². The summed E-state index contributed by atoms with van der Waals surface area (Å²) >= 11 is 6.96. The number of methoxy groups -OCH3 is 2. The maximum absolute atomic E-state index is 11.7. The minimum atomic E-state index is -0.846. The number of benzene rings is 2. The van der Waals surface area contributed by atoms with E-state index in [1.807, 2.05) is 41.3 Å². The van der Waals surface area contributed by atoms with Crippen molar-refractivity contribution in [3.05, 3.63) is 58.1 Å². The smallest absolute Gasteiger partial charge is 0.323 e. The van der Waals surface area contributed by atoms with Gasteiger partial charge >= 0.3 is 12.0 Å². The molecule has 5 rings (SSSR count). The Morgan fingerprint density at radius 1 is 0.978 bits per heavy atom. The van der Waals surface area contributed by atoms with Crippen LogP contribution in [0, 0.1) is 6.92 Å². The normalized spacial score (nSPS) is 17.6. The second kappa shape index (κ2) is 15.8.